The van der Waals surface area contributed by atoms with Gasteiger partial charge < -0.3 is 15.3 Å². The van der Waals surface area contributed by atoms with Crippen LogP contribution in [0.2, 0.25) is 0 Å². The number of carbonyl (C=O) groups is 2. The maximum Gasteiger partial charge on any atom is 0.406 e. The van der Waals surface area contributed by atoms with Crippen LogP contribution in [0.15, 0.2) is 0 Å². The molecule has 0 aromatic rings. The molecule has 0 aromatic heterocycles. The zero-order valence-electron chi connectivity index (χ0n) is 10.9. The van der Waals surface area contributed by atoms with Crippen LogP contribution in [0.4, 0.5) is 18.0 Å². The van der Waals surface area contributed by atoms with Gasteiger partial charge in [-0.2, -0.15) is 24.9 Å². The molecule has 20 heavy (non-hydrogen) atoms. The quantitative estimate of drug-likeness (QED) is 0.753. The number of rotatable bonds is 7. The van der Waals surface area contributed by atoms with Crippen LogP contribution in [0.25, 0.3) is 0 Å². The van der Waals surface area contributed by atoms with E-state index in [2.05, 4.69) is 5.32 Å². The summed E-state index contributed by atoms with van der Waals surface area (Å²) >= 11 is 1.40. The van der Waals surface area contributed by atoms with Crippen molar-refractivity contribution in [2.45, 2.75) is 37.5 Å². The SMILES string of the molecule is CSCC[C@@H](NC(=O)N(CC(F)(F)F)C1CC1)C(=O)O. The smallest absolute Gasteiger partial charge is 0.406 e. The number of carboxylic acids is 1. The first-order valence-corrected chi connectivity index (χ1v) is 7.49. The Hall–Kier alpha value is -1.12. The monoisotopic (exact) mass is 314 g/mol. The van der Waals surface area contributed by atoms with Crippen molar-refractivity contribution >= 4 is 23.8 Å². The zero-order valence-corrected chi connectivity index (χ0v) is 11.8. The molecule has 1 aliphatic carbocycles. The van der Waals surface area contributed by atoms with Gasteiger partial charge in [0.2, 0.25) is 0 Å². The number of hydrogen-bond acceptors (Lipinski definition) is 3. The number of carbonyl (C=O) groups excluding carboxylic acids is 1. The van der Waals surface area contributed by atoms with Crippen LogP contribution in [-0.2, 0) is 4.79 Å². The summed E-state index contributed by atoms with van der Waals surface area (Å²) in [4.78, 5) is 23.5. The van der Waals surface area contributed by atoms with Gasteiger partial charge in [-0.1, -0.05) is 0 Å². The second kappa shape index (κ2) is 7.05. The highest BCUT2D eigenvalue weighted by Gasteiger charge is 2.41. The number of aliphatic carboxylic acids is 1. The van der Waals surface area contributed by atoms with Crippen LogP contribution in [0.3, 0.4) is 0 Å². The highest BCUT2D eigenvalue weighted by molar-refractivity contribution is 7.98. The molecule has 1 saturated carbocycles. The van der Waals surface area contributed by atoms with E-state index in [0.717, 1.165) is 0 Å². The van der Waals surface area contributed by atoms with E-state index in [1.165, 1.54) is 11.8 Å². The third-order valence-electron chi connectivity index (χ3n) is 2.80. The van der Waals surface area contributed by atoms with Gasteiger partial charge in [-0.15, -0.1) is 0 Å². The van der Waals surface area contributed by atoms with Crippen LogP contribution in [0.1, 0.15) is 19.3 Å². The van der Waals surface area contributed by atoms with Crippen molar-refractivity contribution in [3.05, 3.63) is 0 Å². The van der Waals surface area contributed by atoms with Crippen LogP contribution in [-0.4, -0.2) is 58.8 Å². The maximum absolute atomic E-state index is 12.4. The summed E-state index contributed by atoms with van der Waals surface area (Å²) in [5.74, 6) is -0.741. The Morgan fingerprint density at radius 2 is 2.05 bits per heavy atom. The van der Waals surface area contributed by atoms with Crippen LogP contribution >= 0.6 is 11.8 Å². The fourth-order valence-electron chi connectivity index (χ4n) is 1.67. The Morgan fingerprint density at radius 1 is 1.45 bits per heavy atom. The van der Waals surface area contributed by atoms with E-state index in [-0.39, 0.29) is 6.42 Å². The molecule has 1 atom stereocenters. The first-order valence-electron chi connectivity index (χ1n) is 6.10. The fraction of sp³-hybridized carbons (Fsp3) is 0.818. The van der Waals surface area contributed by atoms with Crippen molar-refractivity contribution in [1.82, 2.24) is 10.2 Å². The number of nitrogens with zero attached hydrogens (tertiary/aromatic N) is 1. The summed E-state index contributed by atoms with van der Waals surface area (Å²) in [5.41, 5.74) is 0. The molecule has 2 amide bonds. The van der Waals surface area contributed by atoms with Crippen molar-refractivity contribution in [1.29, 1.82) is 0 Å². The van der Waals surface area contributed by atoms with E-state index >= 15 is 0 Å². The molecule has 116 valence electrons. The first kappa shape index (κ1) is 16.9. The number of halogens is 3. The molecule has 0 aliphatic heterocycles. The molecule has 0 bridgehead atoms. The molecule has 1 aliphatic rings. The van der Waals surface area contributed by atoms with Crippen LogP contribution in [0, 0.1) is 0 Å². The molecule has 0 heterocycles. The van der Waals surface area contributed by atoms with Gasteiger partial charge in [0.05, 0.1) is 0 Å². The molecule has 1 fully saturated rings. The maximum atomic E-state index is 12.4. The summed E-state index contributed by atoms with van der Waals surface area (Å²) in [5, 5.41) is 11.1. The molecule has 5 nitrogen and oxygen atoms in total. The molecule has 0 saturated heterocycles. The topological polar surface area (TPSA) is 69.6 Å². The normalized spacial score (nSPS) is 16.6. The summed E-state index contributed by atoms with van der Waals surface area (Å²) in [6.07, 6.45) is -1.50. The number of urea groups is 1. The lowest BCUT2D eigenvalue weighted by atomic mass is 10.2. The zero-order chi connectivity index (χ0) is 15.3. The van der Waals surface area contributed by atoms with E-state index in [4.69, 9.17) is 5.11 Å². The molecule has 0 radical (unpaired) electrons. The first-order chi connectivity index (χ1) is 9.24. The lowest BCUT2D eigenvalue weighted by molar-refractivity contribution is -0.141. The van der Waals surface area contributed by atoms with Gasteiger partial charge in [-0.25, -0.2) is 9.59 Å². The second-order valence-electron chi connectivity index (χ2n) is 4.60. The Kier molecular flexibility index (Phi) is 5.97. The number of carboxylic acid groups (broad SMARTS) is 1. The molecule has 0 spiro atoms. The summed E-state index contributed by atoms with van der Waals surface area (Å²) in [7, 11) is 0. The number of nitrogens with one attached hydrogen (secondary N) is 1. The largest absolute Gasteiger partial charge is 0.480 e. The van der Waals surface area contributed by atoms with Gasteiger partial charge in [0.15, 0.2) is 0 Å². The van der Waals surface area contributed by atoms with Crippen molar-refractivity contribution < 1.29 is 27.9 Å². The van der Waals surface area contributed by atoms with Crippen molar-refractivity contribution in [2.75, 3.05) is 18.6 Å². The van der Waals surface area contributed by atoms with E-state index in [1.54, 1.807) is 6.26 Å². The van der Waals surface area contributed by atoms with E-state index in [9.17, 15) is 22.8 Å². The lowest BCUT2D eigenvalue weighted by Gasteiger charge is -2.26. The summed E-state index contributed by atoms with van der Waals surface area (Å²) < 4.78 is 37.2. The molecular formula is C11H17F3N2O3S. The number of thioether (sulfide) groups is 1. The van der Waals surface area contributed by atoms with Gasteiger partial charge in [0.25, 0.3) is 0 Å². The molecular weight excluding hydrogens is 297 g/mol. The third kappa shape index (κ3) is 5.89. The molecule has 1 rings (SSSR count). The average molecular weight is 314 g/mol. The second-order valence-corrected chi connectivity index (χ2v) is 5.58. The standard InChI is InChI=1S/C11H17F3N2O3S/c1-20-5-4-8(9(17)18)15-10(19)16(7-2-3-7)6-11(12,13)14/h7-8H,2-6H2,1H3,(H,15,19)(H,17,18)/t8-/m1/s1. The minimum Gasteiger partial charge on any atom is -0.480 e. The minimum atomic E-state index is -4.49. The number of hydrogen-bond donors (Lipinski definition) is 2. The molecule has 0 aromatic carbocycles. The lowest BCUT2D eigenvalue weighted by Crippen LogP contribution is -2.51. The predicted octanol–water partition coefficient (Wildman–Crippen LogP) is 1.93. The molecule has 9 heteroatoms. The Morgan fingerprint density at radius 3 is 2.45 bits per heavy atom. The van der Waals surface area contributed by atoms with E-state index in [1.807, 2.05) is 0 Å². The molecule has 2 N–H and O–H groups in total. The van der Waals surface area contributed by atoms with Gasteiger partial charge in [0.1, 0.15) is 12.6 Å². The van der Waals surface area contributed by atoms with Gasteiger partial charge >= 0.3 is 18.2 Å². The number of amides is 2. The predicted molar refractivity (Wildman–Crippen MR) is 68.7 cm³/mol. The summed E-state index contributed by atoms with van der Waals surface area (Å²) in [6.45, 7) is -1.35. The Balaban J connectivity index is 2.61. The van der Waals surface area contributed by atoms with Gasteiger partial charge in [-0.3, -0.25) is 0 Å². The minimum absolute atomic E-state index is 0.173. The van der Waals surface area contributed by atoms with E-state index < -0.39 is 36.8 Å². The highest BCUT2D eigenvalue weighted by atomic mass is 32.2. The van der Waals surface area contributed by atoms with Gasteiger partial charge in [0, 0.05) is 6.04 Å². The third-order valence-corrected chi connectivity index (χ3v) is 3.45. The Bertz CT molecular complexity index is 361. The highest BCUT2D eigenvalue weighted by Crippen LogP contribution is 2.30. The number of alkyl halides is 3. The Labute approximate surface area is 118 Å². The van der Waals surface area contributed by atoms with E-state index in [0.29, 0.717) is 23.5 Å². The molecule has 0 unspecified atom stereocenters. The van der Waals surface area contributed by atoms with Crippen molar-refractivity contribution in [2.24, 2.45) is 0 Å². The van der Waals surface area contributed by atoms with Crippen LogP contribution < -0.4 is 5.32 Å². The van der Waals surface area contributed by atoms with Crippen molar-refractivity contribution in [3.8, 4) is 0 Å². The summed E-state index contributed by atoms with van der Waals surface area (Å²) in [6, 6.07) is -2.56. The van der Waals surface area contributed by atoms with Crippen molar-refractivity contribution in [3.63, 3.8) is 0 Å². The fourth-order valence-corrected chi connectivity index (χ4v) is 2.14. The van der Waals surface area contributed by atoms with Gasteiger partial charge in [-0.05, 0) is 31.3 Å². The average Bonchev–Trinajstić information content (AvgIpc) is 3.13. The van der Waals surface area contributed by atoms with Crippen LogP contribution in [0.5, 0.6) is 0 Å².